The predicted octanol–water partition coefficient (Wildman–Crippen LogP) is 1.38. The number of nitrogens with zero attached hydrogens (tertiary/aromatic N) is 3. The van der Waals surface area contributed by atoms with Crippen molar-refractivity contribution in [3.8, 4) is 5.88 Å². The molecule has 0 atom stereocenters. The Bertz CT molecular complexity index is 537. The number of rotatable bonds is 3. The molecular formula is C9H14Cl2N4O2. The molecule has 0 saturated carbocycles. The molecule has 0 spiro atoms. The van der Waals surface area contributed by atoms with E-state index >= 15 is 0 Å². The minimum absolute atomic E-state index is 0. The van der Waals surface area contributed by atoms with Crippen molar-refractivity contribution in [2.24, 2.45) is 0 Å². The van der Waals surface area contributed by atoms with Crippen LogP contribution in [0, 0.1) is 0 Å². The molecule has 0 aliphatic carbocycles. The highest BCUT2D eigenvalue weighted by molar-refractivity contribution is 5.85. The Balaban J connectivity index is 0.00000128. The van der Waals surface area contributed by atoms with Gasteiger partial charge in [-0.15, -0.1) is 29.9 Å². The van der Waals surface area contributed by atoms with Crippen LogP contribution in [-0.2, 0) is 6.54 Å². The van der Waals surface area contributed by atoms with Crippen LogP contribution in [-0.4, -0.2) is 26.4 Å². The standard InChI is InChI=1S/C9H12N4O2.2ClH/c1-3-13-7-6(9(12-13)15-4-2)10-5-11-8(7)14;;/h5H,3-4H2,1-2H3,(H,10,11,14);2*1H. The van der Waals surface area contributed by atoms with Crippen molar-refractivity contribution in [2.45, 2.75) is 20.4 Å². The van der Waals surface area contributed by atoms with Crippen LogP contribution in [0.25, 0.3) is 11.0 Å². The summed E-state index contributed by atoms with van der Waals surface area (Å²) in [4.78, 5) is 18.2. The Morgan fingerprint density at radius 3 is 2.71 bits per heavy atom. The van der Waals surface area contributed by atoms with E-state index in [2.05, 4.69) is 15.1 Å². The molecule has 0 aliphatic rings. The lowest BCUT2D eigenvalue weighted by Crippen LogP contribution is -2.11. The van der Waals surface area contributed by atoms with Crippen LogP contribution in [0.1, 0.15) is 13.8 Å². The highest BCUT2D eigenvalue weighted by Crippen LogP contribution is 2.19. The first-order valence-corrected chi connectivity index (χ1v) is 4.85. The van der Waals surface area contributed by atoms with Gasteiger partial charge in [0.25, 0.3) is 11.4 Å². The Hall–Kier alpha value is -1.27. The Morgan fingerprint density at radius 2 is 2.12 bits per heavy atom. The van der Waals surface area contributed by atoms with Crippen molar-refractivity contribution in [3.63, 3.8) is 0 Å². The molecule has 0 bridgehead atoms. The smallest absolute Gasteiger partial charge is 0.277 e. The lowest BCUT2D eigenvalue weighted by atomic mass is 10.4. The fourth-order valence-electron chi connectivity index (χ4n) is 1.46. The SMILES string of the molecule is CCOc1nn(CC)c2c(=O)[nH]cnc12.Cl.Cl. The van der Waals surface area contributed by atoms with Gasteiger partial charge in [0, 0.05) is 6.54 Å². The summed E-state index contributed by atoms with van der Waals surface area (Å²) in [5.74, 6) is 0.417. The van der Waals surface area contributed by atoms with E-state index in [1.807, 2.05) is 13.8 Å². The number of aryl methyl sites for hydroxylation is 1. The van der Waals surface area contributed by atoms with E-state index in [1.54, 1.807) is 4.68 Å². The van der Waals surface area contributed by atoms with Crippen LogP contribution in [0.4, 0.5) is 0 Å². The summed E-state index contributed by atoms with van der Waals surface area (Å²) in [7, 11) is 0. The van der Waals surface area contributed by atoms with E-state index in [-0.39, 0.29) is 30.4 Å². The molecule has 0 aliphatic heterocycles. The number of H-pyrrole nitrogens is 1. The second kappa shape index (κ2) is 6.46. The van der Waals surface area contributed by atoms with Crippen molar-refractivity contribution in [3.05, 3.63) is 16.7 Å². The average molecular weight is 281 g/mol. The number of fused-ring (bicyclic) bond motifs is 1. The molecule has 0 amide bonds. The number of nitrogens with one attached hydrogen (secondary N) is 1. The molecule has 2 rings (SSSR count). The van der Waals surface area contributed by atoms with Crippen LogP contribution in [0.2, 0.25) is 0 Å². The van der Waals surface area contributed by atoms with Gasteiger partial charge in [0.05, 0.1) is 12.9 Å². The minimum atomic E-state index is -0.194. The number of ether oxygens (including phenoxy) is 1. The fraction of sp³-hybridized carbons (Fsp3) is 0.444. The first kappa shape index (κ1) is 15.7. The molecule has 1 N–H and O–H groups in total. The summed E-state index contributed by atoms with van der Waals surface area (Å²) in [5, 5.41) is 4.17. The van der Waals surface area contributed by atoms with Gasteiger partial charge in [-0.25, -0.2) is 4.98 Å². The predicted molar refractivity (Wildman–Crippen MR) is 69.5 cm³/mol. The minimum Gasteiger partial charge on any atom is -0.475 e. The molecular weight excluding hydrogens is 267 g/mol. The van der Waals surface area contributed by atoms with Crippen LogP contribution >= 0.6 is 24.8 Å². The highest BCUT2D eigenvalue weighted by Gasteiger charge is 2.14. The number of hydrogen-bond donors (Lipinski definition) is 1. The fourth-order valence-corrected chi connectivity index (χ4v) is 1.46. The van der Waals surface area contributed by atoms with E-state index in [0.29, 0.717) is 30.1 Å². The van der Waals surface area contributed by atoms with Gasteiger partial charge in [-0.3, -0.25) is 9.48 Å². The van der Waals surface area contributed by atoms with Gasteiger partial charge >= 0.3 is 0 Å². The average Bonchev–Trinajstić information content (AvgIpc) is 2.59. The molecule has 6 nitrogen and oxygen atoms in total. The van der Waals surface area contributed by atoms with E-state index in [9.17, 15) is 4.79 Å². The van der Waals surface area contributed by atoms with Crippen LogP contribution < -0.4 is 10.3 Å². The topological polar surface area (TPSA) is 72.8 Å². The Morgan fingerprint density at radius 1 is 1.41 bits per heavy atom. The molecule has 2 aromatic heterocycles. The van der Waals surface area contributed by atoms with Gasteiger partial charge in [-0.2, -0.15) is 0 Å². The molecule has 0 saturated heterocycles. The van der Waals surface area contributed by atoms with Crippen molar-refractivity contribution >= 4 is 35.8 Å². The third kappa shape index (κ3) is 2.70. The quantitative estimate of drug-likeness (QED) is 0.922. The maximum Gasteiger partial charge on any atom is 0.277 e. The molecule has 2 heterocycles. The summed E-state index contributed by atoms with van der Waals surface area (Å²) >= 11 is 0. The van der Waals surface area contributed by atoms with Gasteiger partial charge in [-0.05, 0) is 13.8 Å². The maximum atomic E-state index is 11.6. The normalized spacial score (nSPS) is 9.53. The molecule has 0 radical (unpaired) electrons. The maximum absolute atomic E-state index is 11.6. The first-order chi connectivity index (χ1) is 7.27. The Kier molecular flexibility index (Phi) is 5.98. The summed E-state index contributed by atoms with van der Waals surface area (Å²) in [6, 6.07) is 0. The summed E-state index contributed by atoms with van der Waals surface area (Å²) in [5.41, 5.74) is 0.784. The first-order valence-electron chi connectivity index (χ1n) is 4.85. The zero-order chi connectivity index (χ0) is 10.8. The van der Waals surface area contributed by atoms with Gasteiger partial charge in [0.2, 0.25) is 0 Å². The van der Waals surface area contributed by atoms with Gasteiger partial charge in [0.1, 0.15) is 0 Å². The molecule has 0 unspecified atom stereocenters. The van der Waals surface area contributed by atoms with Crippen LogP contribution in [0.3, 0.4) is 0 Å². The zero-order valence-corrected chi connectivity index (χ0v) is 11.1. The monoisotopic (exact) mass is 280 g/mol. The van der Waals surface area contributed by atoms with Crippen LogP contribution in [0.15, 0.2) is 11.1 Å². The van der Waals surface area contributed by atoms with E-state index in [1.165, 1.54) is 6.33 Å². The molecule has 0 aromatic carbocycles. The van der Waals surface area contributed by atoms with E-state index < -0.39 is 0 Å². The second-order valence-corrected chi connectivity index (χ2v) is 2.98. The summed E-state index contributed by atoms with van der Waals surface area (Å²) in [6.45, 7) is 4.89. The van der Waals surface area contributed by atoms with Crippen molar-refractivity contribution in [1.29, 1.82) is 0 Å². The van der Waals surface area contributed by atoms with Gasteiger partial charge in [-0.1, -0.05) is 0 Å². The van der Waals surface area contributed by atoms with E-state index in [0.717, 1.165) is 0 Å². The zero-order valence-electron chi connectivity index (χ0n) is 9.47. The molecule has 96 valence electrons. The Labute approximate surface area is 110 Å². The van der Waals surface area contributed by atoms with Crippen molar-refractivity contribution in [2.75, 3.05) is 6.61 Å². The third-order valence-electron chi connectivity index (χ3n) is 2.08. The van der Waals surface area contributed by atoms with Crippen molar-refractivity contribution in [1.82, 2.24) is 19.7 Å². The summed E-state index contributed by atoms with van der Waals surface area (Å²) < 4.78 is 6.90. The van der Waals surface area contributed by atoms with Gasteiger partial charge < -0.3 is 9.72 Å². The summed E-state index contributed by atoms with van der Waals surface area (Å²) in [6.07, 6.45) is 1.36. The number of aromatic amines is 1. The number of aromatic nitrogens is 4. The van der Waals surface area contributed by atoms with E-state index in [4.69, 9.17) is 4.74 Å². The molecule has 17 heavy (non-hydrogen) atoms. The third-order valence-corrected chi connectivity index (χ3v) is 2.08. The largest absolute Gasteiger partial charge is 0.475 e. The lowest BCUT2D eigenvalue weighted by molar-refractivity contribution is 0.324. The number of halogens is 2. The lowest BCUT2D eigenvalue weighted by Gasteiger charge is -1.95. The highest BCUT2D eigenvalue weighted by atomic mass is 35.5. The van der Waals surface area contributed by atoms with Gasteiger partial charge in [0.15, 0.2) is 11.0 Å². The molecule has 2 aromatic rings. The second-order valence-electron chi connectivity index (χ2n) is 2.98. The molecule has 0 fully saturated rings. The van der Waals surface area contributed by atoms with Crippen LogP contribution in [0.5, 0.6) is 5.88 Å². The number of hydrogen-bond acceptors (Lipinski definition) is 4. The molecule has 8 heteroatoms. The van der Waals surface area contributed by atoms with Crippen molar-refractivity contribution < 1.29 is 4.74 Å².